The van der Waals surface area contributed by atoms with Crippen LogP contribution in [0.2, 0.25) is 0 Å². The summed E-state index contributed by atoms with van der Waals surface area (Å²) in [5.74, 6) is 0.962. The predicted molar refractivity (Wildman–Crippen MR) is 62.8 cm³/mol. The van der Waals surface area contributed by atoms with E-state index in [9.17, 15) is 9.59 Å². The van der Waals surface area contributed by atoms with Crippen LogP contribution in [-0.4, -0.2) is 61.5 Å². The second-order valence-electron chi connectivity index (χ2n) is 3.28. The zero-order chi connectivity index (χ0) is 12.1. The summed E-state index contributed by atoms with van der Waals surface area (Å²) in [6.07, 6.45) is 0. The van der Waals surface area contributed by atoms with Crippen LogP contribution in [0.25, 0.3) is 0 Å². The molecule has 16 heavy (non-hydrogen) atoms. The van der Waals surface area contributed by atoms with Crippen LogP contribution < -0.4 is 5.32 Å². The minimum atomic E-state index is -0.458. The summed E-state index contributed by atoms with van der Waals surface area (Å²) < 4.78 is 4.99. The smallest absolute Gasteiger partial charge is 0.306 e. The predicted octanol–water partition coefficient (Wildman–Crippen LogP) is -0.0555. The molecule has 0 unspecified atom stereocenters. The molecule has 0 fully saturated rings. The van der Waals surface area contributed by atoms with Gasteiger partial charge in [-0.25, -0.2) is 0 Å². The number of hydrogen-bond donors (Lipinski definition) is 1. The van der Waals surface area contributed by atoms with Gasteiger partial charge in [-0.3, -0.25) is 9.59 Å². The third kappa shape index (κ3) is 2.96. The average molecular weight is 245 g/mol. The van der Waals surface area contributed by atoms with E-state index >= 15 is 0 Å². The number of carbonyl (C=O) groups is 2. The van der Waals surface area contributed by atoms with E-state index in [4.69, 9.17) is 4.74 Å². The molecule has 0 aliphatic carbocycles. The Morgan fingerprint density at radius 1 is 1.75 bits per heavy atom. The molecule has 1 aliphatic rings. The maximum absolute atomic E-state index is 11.6. The quantitative estimate of drug-likeness (QED) is 0.751. The molecule has 1 rings (SSSR count). The standard InChI is InChI=1S/C9H15N3O3S/c1-10-8(13)6(4-15-3)12(2)7-5-16-9(14)11-7/h6H,4-5H2,1-3H3,(H,10,13)/t6-/m1/s1. The number of hydrogen-bond acceptors (Lipinski definition) is 5. The second-order valence-corrected chi connectivity index (χ2v) is 4.21. The molecular weight excluding hydrogens is 230 g/mol. The maximum Gasteiger partial charge on any atom is 0.306 e. The zero-order valence-corrected chi connectivity index (χ0v) is 10.3. The molecule has 1 heterocycles. The van der Waals surface area contributed by atoms with Gasteiger partial charge in [0.1, 0.15) is 11.9 Å². The first-order valence-corrected chi connectivity index (χ1v) is 5.76. The van der Waals surface area contributed by atoms with Crippen molar-refractivity contribution in [3.63, 3.8) is 0 Å². The van der Waals surface area contributed by atoms with Gasteiger partial charge in [0.25, 0.3) is 0 Å². The first-order chi connectivity index (χ1) is 7.60. The Hall–Kier alpha value is -1.08. The number of rotatable bonds is 4. The van der Waals surface area contributed by atoms with Gasteiger partial charge < -0.3 is 15.0 Å². The highest BCUT2D eigenvalue weighted by molar-refractivity contribution is 8.14. The highest BCUT2D eigenvalue weighted by atomic mass is 32.2. The molecule has 0 aromatic heterocycles. The summed E-state index contributed by atoms with van der Waals surface area (Å²) in [4.78, 5) is 28.1. The number of aliphatic imine (C=N–C) groups is 1. The number of nitrogens with one attached hydrogen (secondary N) is 1. The molecule has 90 valence electrons. The molecule has 0 bridgehead atoms. The number of methoxy groups -OCH3 is 1. The van der Waals surface area contributed by atoms with E-state index in [1.807, 2.05) is 0 Å². The van der Waals surface area contributed by atoms with E-state index in [1.54, 1.807) is 19.0 Å². The van der Waals surface area contributed by atoms with Crippen molar-refractivity contribution in [3.05, 3.63) is 0 Å². The van der Waals surface area contributed by atoms with Crippen LogP contribution in [0.15, 0.2) is 4.99 Å². The monoisotopic (exact) mass is 245 g/mol. The van der Waals surface area contributed by atoms with Crippen LogP contribution in [-0.2, 0) is 9.53 Å². The number of carbonyl (C=O) groups excluding carboxylic acids is 2. The van der Waals surface area contributed by atoms with Gasteiger partial charge in [0.15, 0.2) is 0 Å². The first-order valence-electron chi connectivity index (χ1n) is 4.77. The van der Waals surface area contributed by atoms with E-state index in [1.165, 1.54) is 7.11 Å². The van der Waals surface area contributed by atoms with Gasteiger partial charge in [0.05, 0.1) is 12.4 Å². The van der Waals surface area contributed by atoms with Crippen molar-refractivity contribution >= 4 is 28.7 Å². The van der Waals surface area contributed by atoms with Gasteiger partial charge in [-0.15, -0.1) is 0 Å². The Kier molecular flexibility index (Phi) is 4.75. The summed E-state index contributed by atoms with van der Waals surface area (Å²) in [5, 5.41) is 2.35. The Balaban J connectivity index is 2.74. The van der Waals surface area contributed by atoms with Crippen molar-refractivity contribution in [2.24, 2.45) is 4.99 Å². The fourth-order valence-corrected chi connectivity index (χ4v) is 2.04. The van der Waals surface area contributed by atoms with E-state index in [-0.39, 0.29) is 17.8 Å². The Morgan fingerprint density at radius 2 is 2.44 bits per heavy atom. The highest BCUT2D eigenvalue weighted by Crippen LogP contribution is 2.16. The second kappa shape index (κ2) is 5.86. The van der Waals surface area contributed by atoms with Crippen molar-refractivity contribution in [2.45, 2.75) is 6.04 Å². The molecule has 0 aromatic rings. The fourth-order valence-electron chi connectivity index (χ4n) is 1.34. The van der Waals surface area contributed by atoms with Crippen molar-refractivity contribution in [1.29, 1.82) is 0 Å². The SMILES string of the molecule is CNC(=O)[C@@H](COC)N(C)C1=NC(=O)SC1. The topological polar surface area (TPSA) is 71.0 Å². The van der Waals surface area contributed by atoms with Gasteiger partial charge in [-0.1, -0.05) is 11.8 Å². The lowest BCUT2D eigenvalue weighted by Gasteiger charge is -2.27. The maximum atomic E-state index is 11.6. The molecule has 1 aliphatic heterocycles. The van der Waals surface area contributed by atoms with Crippen LogP contribution >= 0.6 is 11.8 Å². The molecule has 0 saturated heterocycles. The van der Waals surface area contributed by atoms with Crippen molar-refractivity contribution in [2.75, 3.05) is 33.6 Å². The number of ether oxygens (including phenoxy) is 1. The van der Waals surface area contributed by atoms with E-state index in [0.717, 1.165) is 11.8 Å². The Morgan fingerprint density at radius 3 is 2.88 bits per heavy atom. The minimum Gasteiger partial charge on any atom is -0.382 e. The molecule has 0 radical (unpaired) electrons. The summed E-state index contributed by atoms with van der Waals surface area (Å²) >= 11 is 1.13. The van der Waals surface area contributed by atoms with Crippen molar-refractivity contribution in [1.82, 2.24) is 10.2 Å². The Bertz CT molecular complexity index is 319. The minimum absolute atomic E-state index is 0.156. The summed E-state index contributed by atoms with van der Waals surface area (Å²) in [6.45, 7) is 0.258. The number of likely N-dealkylation sites (N-methyl/N-ethyl adjacent to an activating group) is 2. The third-order valence-electron chi connectivity index (χ3n) is 2.29. The molecule has 0 aromatic carbocycles. The third-order valence-corrected chi connectivity index (χ3v) is 3.03. The number of amidine groups is 1. The fraction of sp³-hybridized carbons (Fsp3) is 0.667. The van der Waals surface area contributed by atoms with Gasteiger partial charge >= 0.3 is 5.24 Å². The van der Waals surface area contributed by atoms with Crippen molar-refractivity contribution in [3.8, 4) is 0 Å². The first kappa shape index (κ1) is 13.0. The summed E-state index contributed by atoms with van der Waals surface area (Å²) in [7, 11) is 4.83. The molecule has 1 N–H and O–H groups in total. The van der Waals surface area contributed by atoms with Crippen LogP contribution in [0.4, 0.5) is 4.79 Å². The molecule has 0 saturated carbocycles. The molecular formula is C9H15N3O3S. The lowest BCUT2D eigenvalue weighted by molar-refractivity contribution is -0.125. The van der Waals surface area contributed by atoms with Crippen molar-refractivity contribution < 1.29 is 14.3 Å². The van der Waals surface area contributed by atoms with Gasteiger partial charge in [0, 0.05) is 21.2 Å². The number of amides is 2. The van der Waals surface area contributed by atoms with E-state index < -0.39 is 6.04 Å². The van der Waals surface area contributed by atoms with E-state index in [0.29, 0.717) is 11.6 Å². The molecule has 7 heteroatoms. The van der Waals surface area contributed by atoms with Gasteiger partial charge in [-0.05, 0) is 0 Å². The molecule has 2 amide bonds. The van der Waals surface area contributed by atoms with Crippen LogP contribution in [0.1, 0.15) is 0 Å². The average Bonchev–Trinajstić information content (AvgIpc) is 2.71. The molecule has 1 atom stereocenters. The van der Waals surface area contributed by atoms with E-state index in [2.05, 4.69) is 10.3 Å². The van der Waals surface area contributed by atoms with Crippen LogP contribution in [0.5, 0.6) is 0 Å². The van der Waals surface area contributed by atoms with Crippen LogP contribution in [0.3, 0.4) is 0 Å². The number of nitrogens with zero attached hydrogens (tertiary/aromatic N) is 2. The van der Waals surface area contributed by atoms with Crippen LogP contribution in [0, 0.1) is 0 Å². The highest BCUT2D eigenvalue weighted by Gasteiger charge is 2.28. The molecule has 0 spiro atoms. The summed E-state index contributed by atoms with van der Waals surface area (Å²) in [6, 6.07) is -0.458. The van der Waals surface area contributed by atoms with Gasteiger partial charge in [-0.2, -0.15) is 4.99 Å². The lowest BCUT2D eigenvalue weighted by atomic mass is 10.2. The lowest BCUT2D eigenvalue weighted by Crippen LogP contribution is -2.49. The normalized spacial score (nSPS) is 16.9. The summed E-state index contributed by atoms with van der Waals surface area (Å²) in [5.41, 5.74) is 0. The Labute approximate surface area is 98.4 Å². The van der Waals surface area contributed by atoms with Gasteiger partial charge in [0.2, 0.25) is 5.91 Å². The largest absolute Gasteiger partial charge is 0.382 e. The zero-order valence-electron chi connectivity index (χ0n) is 9.52. The number of thioether (sulfide) groups is 1. The molecule has 6 nitrogen and oxygen atoms in total.